The average molecular weight is 320 g/mol. The van der Waals surface area contributed by atoms with E-state index in [0.717, 1.165) is 23.7 Å². The molecule has 1 unspecified atom stereocenters. The first-order valence-electron chi connectivity index (χ1n) is 7.35. The Labute approximate surface area is 137 Å². The number of rotatable bonds is 7. The molecule has 112 valence electrons. The van der Waals surface area contributed by atoms with Crippen molar-refractivity contribution in [1.82, 2.24) is 5.32 Å². The maximum atomic E-state index is 6.27. The molecule has 0 aromatic heterocycles. The van der Waals surface area contributed by atoms with Crippen LogP contribution in [0.3, 0.4) is 0 Å². The van der Waals surface area contributed by atoms with Crippen molar-refractivity contribution in [3.05, 3.63) is 64.7 Å². The highest BCUT2D eigenvalue weighted by Crippen LogP contribution is 2.22. The quantitative estimate of drug-likeness (QED) is 0.724. The van der Waals surface area contributed by atoms with Crippen molar-refractivity contribution in [2.45, 2.75) is 31.2 Å². The van der Waals surface area contributed by atoms with E-state index in [9.17, 15) is 0 Å². The van der Waals surface area contributed by atoms with Gasteiger partial charge in [-0.15, -0.1) is 11.8 Å². The van der Waals surface area contributed by atoms with E-state index in [-0.39, 0.29) is 0 Å². The Hall–Kier alpha value is -0.960. The van der Waals surface area contributed by atoms with E-state index in [2.05, 4.69) is 55.6 Å². The summed E-state index contributed by atoms with van der Waals surface area (Å²) in [5, 5.41) is 4.43. The van der Waals surface area contributed by atoms with Gasteiger partial charge in [0.15, 0.2) is 0 Å². The van der Waals surface area contributed by atoms with E-state index in [4.69, 9.17) is 11.6 Å². The highest BCUT2D eigenvalue weighted by molar-refractivity contribution is 7.99. The molecule has 3 heteroatoms. The zero-order chi connectivity index (χ0) is 15.1. The summed E-state index contributed by atoms with van der Waals surface area (Å²) < 4.78 is 0. The number of aryl methyl sites for hydroxylation is 1. The fourth-order valence-corrected chi connectivity index (χ4v) is 3.60. The normalized spacial score (nSPS) is 12.3. The van der Waals surface area contributed by atoms with E-state index in [1.807, 2.05) is 23.9 Å². The predicted molar refractivity (Wildman–Crippen MR) is 94.5 cm³/mol. The van der Waals surface area contributed by atoms with E-state index < -0.39 is 0 Å². The number of halogens is 1. The molecule has 0 aliphatic heterocycles. The lowest BCUT2D eigenvalue weighted by molar-refractivity contribution is 0.573. The highest BCUT2D eigenvalue weighted by atomic mass is 35.5. The van der Waals surface area contributed by atoms with Crippen LogP contribution in [0, 0.1) is 6.92 Å². The number of thioether (sulfide) groups is 1. The zero-order valence-corrected chi connectivity index (χ0v) is 14.2. The molecule has 0 amide bonds. The van der Waals surface area contributed by atoms with Crippen LogP contribution in [0.25, 0.3) is 0 Å². The molecule has 0 fully saturated rings. The van der Waals surface area contributed by atoms with Crippen molar-refractivity contribution in [2.24, 2.45) is 0 Å². The Kier molecular flexibility index (Phi) is 6.62. The van der Waals surface area contributed by atoms with Gasteiger partial charge >= 0.3 is 0 Å². The molecule has 0 aliphatic rings. The number of likely N-dealkylation sites (N-methyl/N-ethyl adjacent to an activating group) is 1. The first-order valence-corrected chi connectivity index (χ1v) is 8.71. The number of nitrogens with one attached hydrogen (secondary N) is 1. The molecule has 0 saturated heterocycles. The van der Waals surface area contributed by atoms with Crippen molar-refractivity contribution in [2.75, 3.05) is 12.3 Å². The van der Waals surface area contributed by atoms with Crippen LogP contribution in [0.2, 0.25) is 5.02 Å². The summed E-state index contributed by atoms with van der Waals surface area (Å²) >= 11 is 8.17. The third-order valence-corrected chi connectivity index (χ3v) is 4.88. The fourth-order valence-electron chi connectivity index (χ4n) is 2.31. The van der Waals surface area contributed by atoms with Crippen LogP contribution >= 0.6 is 23.4 Å². The van der Waals surface area contributed by atoms with Gasteiger partial charge in [-0.2, -0.15) is 0 Å². The van der Waals surface area contributed by atoms with E-state index in [1.165, 1.54) is 16.0 Å². The van der Waals surface area contributed by atoms with Crippen LogP contribution in [-0.4, -0.2) is 18.3 Å². The molecule has 1 atom stereocenters. The van der Waals surface area contributed by atoms with Gasteiger partial charge < -0.3 is 5.32 Å². The topological polar surface area (TPSA) is 12.0 Å². The van der Waals surface area contributed by atoms with Gasteiger partial charge in [0.2, 0.25) is 0 Å². The smallest absolute Gasteiger partial charge is 0.0438 e. The van der Waals surface area contributed by atoms with Gasteiger partial charge in [-0.05, 0) is 43.7 Å². The minimum atomic E-state index is 0.431. The van der Waals surface area contributed by atoms with Crippen molar-refractivity contribution < 1.29 is 0 Å². The summed E-state index contributed by atoms with van der Waals surface area (Å²) in [6.45, 7) is 5.26. The van der Waals surface area contributed by atoms with Crippen molar-refractivity contribution >= 4 is 23.4 Å². The van der Waals surface area contributed by atoms with Crippen LogP contribution in [0.5, 0.6) is 0 Å². The summed E-state index contributed by atoms with van der Waals surface area (Å²) in [7, 11) is 0. The molecule has 0 spiro atoms. The largest absolute Gasteiger partial charge is 0.313 e. The molecule has 2 rings (SSSR count). The highest BCUT2D eigenvalue weighted by Gasteiger charge is 2.11. The van der Waals surface area contributed by atoms with Gasteiger partial charge in [0.05, 0.1) is 0 Å². The number of hydrogen-bond donors (Lipinski definition) is 1. The Balaban J connectivity index is 1.97. The number of hydrogen-bond acceptors (Lipinski definition) is 2. The predicted octanol–water partition coefficient (Wildman–Crippen LogP) is 4.96. The molecule has 1 N–H and O–H groups in total. The van der Waals surface area contributed by atoms with Crippen LogP contribution < -0.4 is 5.32 Å². The molecule has 0 heterocycles. The minimum absolute atomic E-state index is 0.431. The molecular weight excluding hydrogens is 298 g/mol. The lowest BCUT2D eigenvalue weighted by atomic mass is 10.1. The SMILES string of the molecule is CCNC(CSc1cccc(C)c1)Cc1ccccc1Cl. The van der Waals surface area contributed by atoms with Crippen LogP contribution in [0.4, 0.5) is 0 Å². The molecule has 21 heavy (non-hydrogen) atoms. The lowest BCUT2D eigenvalue weighted by Crippen LogP contribution is -2.33. The van der Waals surface area contributed by atoms with Crippen LogP contribution in [-0.2, 0) is 6.42 Å². The maximum Gasteiger partial charge on any atom is 0.0438 e. The molecule has 0 saturated carbocycles. The fraction of sp³-hybridized carbons (Fsp3) is 0.333. The second kappa shape index (κ2) is 8.47. The summed E-state index contributed by atoms with van der Waals surface area (Å²) in [5.74, 6) is 1.04. The monoisotopic (exact) mass is 319 g/mol. The summed E-state index contributed by atoms with van der Waals surface area (Å²) in [5.41, 5.74) is 2.53. The van der Waals surface area contributed by atoms with Gasteiger partial charge in [-0.25, -0.2) is 0 Å². The zero-order valence-electron chi connectivity index (χ0n) is 12.6. The third-order valence-electron chi connectivity index (χ3n) is 3.36. The van der Waals surface area contributed by atoms with Crippen molar-refractivity contribution in [1.29, 1.82) is 0 Å². The van der Waals surface area contributed by atoms with E-state index in [0.29, 0.717) is 6.04 Å². The van der Waals surface area contributed by atoms with Crippen LogP contribution in [0.15, 0.2) is 53.4 Å². The Morgan fingerprint density at radius 3 is 2.67 bits per heavy atom. The second-order valence-electron chi connectivity index (χ2n) is 5.18. The number of benzene rings is 2. The van der Waals surface area contributed by atoms with Gasteiger partial charge in [0.1, 0.15) is 0 Å². The minimum Gasteiger partial charge on any atom is -0.313 e. The van der Waals surface area contributed by atoms with Gasteiger partial charge in [0.25, 0.3) is 0 Å². The van der Waals surface area contributed by atoms with Gasteiger partial charge in [-0.3, -0.25) is 0 Å². The first kappa shape index (κ1) is 16.4. The summed E-state index contributed by atoms with van der Waals surface area (Å²) in [6, 6.07) is 17.2. The molecule has 0 bridgehead atoms. The Bertz CT molecular complexity index is 571. The van der Waals surface area contributed by atoms with Gasteiger partial charge in [-0.1, -0.05) is 54.4 Å². The van der Waals surface area contributed by atoms with E-state index in [1.54, 1.807) is 0 Å². The molecule has 2 aromatic rings. The third kappa shape index (κ3) is 5.39. The summed E-state index contributed by atoms with van der Waals surface area (Å²) in [4.78, 5) is 1.33. The standard InChI is InChI=1S/C18H22ClNS/c1-3-20-16(12-15-8-4-5-10-18(15)19)13-21-17-9-6-7-14(2)11-17/h4-11,16,20H,3,12-13H2,1-2H3. The van der Waals surface area contributed by atoms with Crippen molar-refractivity contribution in [3.63, 3.8) is 0 Å². The van der Waals surface area contributed by atoms with Gasteiger partial charge in [0, 0.05) is 21.7 Å². The lowest BCUT2D eigenvalue weighted by Gasteiger charge is -2.18. The average Bonchev–Trinajstić information content (AvgIpc) is 2.47. The van der Waals surface area contributed by atoms with Crippen LogP contribution in [0.1, 0.15) is 18.1 Å². The molecule has 1 nitrogen and oxygen atoms in total. The van der Waals surface area contributed by atoms with Crippen molar-refractivity contribution in [3.8, 4) is 0 Å². The molecule has 0 aliphatic carbocycles. The Morgan fingerprint density at radius 1 is 1.14 bits per heavy atom. The molecule has 0 radical (unpaired) electrons. The first-order chi connectivity index (χ1) is 10.2. The van der Waals surface area contributed by atoms with E-state index >= 15 is 0 Å². The Morgan fingerprint density at radius 2 is 1.95 bits per heavy atom. The second-order valence-corrected chi connectivity index (χ2v) is 6.68. The maximum absolute atomic E-state index is 6.27. The summed E-state index contributed by atoms with van der Waals surface area (Å²) in [6.07, 6.45) is 0.965. The molecule has 2 aromatic carbocycles. The molecular formula is C18H22ClNS.